The van der Waals surface area contributed by atoms with Crippen LogP contribution in [0.1, 0.15) is 25.3 Å². The highest BCUT2D eigenvalue weighted by atomic mass is 16.3. The SMILES string of the molecule is NCCC(=O)N[C@H]1CC[C@H](n2cnc3c(N)ncnc32)[C@H]1O. The summed E-state index contributed by atoms with van der Waals surface area (Å²) in [5, 5.41) is 13.3. The van der Waals surface area contributed by atoms with Crippen molar-refractivity contribution in [1.29, 1.82) is 0 Å². The molecule has 2 aromatic heterocycles. The molecule has 118 valence electrons. The third-order valence-electron chi connectivity index (χ3n) is 4.04. The zero-order valence-electron chi connectivity index (χ0n) is 12.0. The van der Waals surface area contributed by atoms with Gasteiger partial charge >= 0.3 is 0 Å². The van der Waals surface area contributed by atoms with E-state index in [0.29, 0.717) is 36.4 Å². The van der Waals surface area contributed by atoms with Crippen LogP contribution in [0.5, 0.6) is 0 Å². The van der Waals surface area contributed by atoms with E-state index in [9.17, 15) is 9.90 Å². The van der Waals surface area contributed by atoms with Gasteiger partial charge in [-0.2, -0.15) is 0 Å². The van der Waals surface area contributed by atoms with Crippen molar-refractivity contribution in [2.45, 2.75) is 37.5 Å². The molecule has 0 unspecified atom stereocenters. The summed E-state index contributed by atoms with van der Waals surface area (Å²) < 4.78 is 1.80. The number of hydrogen-bond acceptors (Lipinski definition) is 7. The first-order valence-corrected chi connectivity index (χ1v) is 7.22. The zero-order valence-corrected chi connectivity index (χ0v) is 12.0. The monoisotopic (exact) mass is 305 g/mol. The van der Waals surface area contributed by atoms with Crippen LogP contribution in [-0.4, -0.2) is 49.2 Å². The van der Waals surface area contributed by atoms with E-state index in [0.717, 1.165) is 0 Å². The molecule has 2 heterocycles. The molecule has 1 aliphatic rings. The average molecular weight is 305 g/mol. The number of imidazole rings is 1. The molecule has 0 radical (unpaired) electrons. The normalized spacial score (nSPS) is 24.7. The predicted molar refractivity (Wildman–Crippen MR) is 79.6 cm³/mol. The van der Waals surface area contributed by atoms with Crippen molar-refractivity contribution >= 4 is 22.9 Å². The summed E-state index contributed by atoms with van der Waals surface area (Å²) in [7, 11) is 0. The number of nitrogens with one attached hydrogen (secondary N) is 1. The first kappa shape index (κ1) is 14.7. The highest BCUT2D eigenvalue weighted by Crippen LogP contribution is 2.33. The van der Waals surface area contributed by atoms with E-state index in [-0.39, 0.29) is 24.4 Å². The molecule has 9 nitrogen and oxygen atoms in total. The third-order valence-corrected chi connectivity index (χ3v) is 4.04. The van der Waals surface area contributed by atoms with Crippen molar-refractivity contribution in [3.8, 4) is 0 Å². The van der Waals surface area contributed by atoms with E-state index in [1.807, 2.05) is 0 Å². The molecule has 1 aliphatic carbocycles. The fraction of sp³-hybridized carbons (Fsp3) is 0.538. The summed E-state index contributed by atoms with van der Waals surface area (Å²) in [6.45, 7) is 0.292. The lowest BCUT2D eigenvalue weighted by atomic mass is 10.1. The van der Waals surface area contributed by atoms with Crippen LogP contribution in [0.3, 0.4) is 0 Å². The summed E-state index contributed by atoms with van der Waals surface area (Å²) in [4.78, 5) is 23.9. The number of aliphatic hydroxyl groups is 1. The number of aliphatic hydroxyl groups excluding tert-OH is 1. The molecule has 1 fully saturated rings. The van der Waals surface area contributed by atoms with E-state index in [2.05, 4.69) is 20.3 Å². The van der Waals surface area contributed by atoms with Crippen molar-refractivity contribution in [2.75, 3.05) is 12.3 Å². The topological polar surface area (TPSA) is 145 Å². The number of carbonyl (C=O) groups is 1. The molecule has 6 N–H and O–H groups in total. The number of hydrogen-bond donors (Lipinski definition) is 4. The largest absolute Gasteiger partial charge is 0.389 e. The molecule has 0 bridgehead atoms. The van der Waals surface area contributed by atoms with Gasteiger partial charge in [-0.25, -0.2) is 15.0 Å². The van der Waals surface area contributed by atoms with E-state index >= 15 is 0 Å². The first-order valence-electron chi connectivity index (χ1n) is 7.22. The van der Waals surface area contributed by atoms with Crippen LogP contribution in [0.2, 0.25) is 0 Å². The Bertz CT molecular complexity index is 686. The minimum atomic E-state index is -0.713. The number of carbonyl (C=O) groups excluding carboxylic acids is 1. The second-order valence-electron chi connectivity index (χ2n) is 5.43. The summed E-state index contributed by atoms with van der Waals surface area (Å²) in [5.41, 5.74) is 12.2. The molecule has 22 heavy (non-hydrogen) atoms. The van der Waals surface area contributed by atoms with Gasteiger partial charge in [0.2, 0.25) is 5.91 Å². The van der Waals surface area contributed by atoms with E-state index in [1.165, 1.54) is 6.33 Å². The highest BCUT2D eigenvalue weighted by Gasteiger charge is 2.37. The van der Waals surface area contributed by atoms with Crippen LogP contribution in [0.15, 0.2) is 12.7 Å². The standard InChI is InChI=1S/C13H19N7O2/c14-4-3-9(21)19-7-1-2-8(11(7)22)20-6-18-10-12(15)16-5-17-13(10)20/h5-8,11,22H,1-4,14H2,(H,19,21)(H2,15,16,17)/t7-,8-,11-/m0/s1. The lowest BCUT2D eigenvalue weighted by Gasteiger charge is -2.21. The molecular weight excluding hydrogens is 286 g/mol. The van der Waals surface area contributed by atoms with E-state index in [1.54, 1.807) is 10.9 Å². The third kappa shape index (κ3) is 2.48. The maximum atomic E-state index is 11.6. The summed E-state index contributed by atoms with van der Waals surface area (Å²) >= 11 is 0. The Morgan fingerprint density at radius 2 is 2.23 bits per heavy atom. The minimum absolute atomic E-state index is 0.144. The lowest BCUT2D eigenvalue weighted by Crippen LogP contribution is -2.42. The van der Waals surface area contributed by atoms with E-state index in [4.69, 9.17) is 11.5 Å². The Kier molecular flexibility index (Phi) is 3.90. The quantitative estimate of drug-likeness (QED) is 0.563. The molecular formula is C13H19N7O2. The second-order valence-corrected chi connectivity index (χ2v) is 5.43. The van der Waals surface area contributed by atoms with Crippen molar-refractivity contribution in [3.63, 3.8) is 0 Å². The van der Waals surface area contributed by atoms with Gasteiger partial charge in [0.05, 0.1) is 24.5 Å². The smallest absolute Gasteiger partial charge is 0.221 e. The van der Waals surface area contributed by atoms with Crippen LogP contribution < -0.4 is 16.8 Å². The maximum absolute atomic E-state index is 11.6. The lowest BCUT2D eigenvalue weighted by molar-refractivity contribution is -0.122. The van der Waals surface area contributed by atoms with Crippen molar-refractivity contribution < 1.29 is 9.90 Å². The number of nitrogens with zero attached hydrogens (tertiary/aromatic N) is 4. The summed E-state index contributed by atoms with van der Waals surface area (Å²) in [6.07, 6.45) is 3.92. The number of rotatable bonds is 4. The van der Waals surface area contributed by atoms with Gasteiger partial charge in [0.25, 0.3) is 0 Å². The fourth-order valence-corrected chi connectivity index (χ4v) is 2.94. The van der Waals surface area contributed by atoms with E-state index < -0.39 is 6.10 Å². The second kappa shape index (κ2) is 5.85. The number of amides is 1. The number of anilines is 1. The Labute approximate surface area is 126 Å². The van der Waals surface area contributed by atoms with Crippen molar-refractivity contribution in [3.05, 3.63) is 12.7 Å². The molecule has 0 aliphatic heterocycles. The van der Waals surface area contributed by atoms with Gasteiger partial charge in [0, 0.05) is 13.0 Å². The highest BCUT2D eigenvalue weighted by molar-refractivity contribution is 5.81. The molecule has 0 spiro atoms. The van der Waals surface area contributed by atoms with Gasteiger partial charge in [0.1, 0.15) is 11.8 Å². The fourth-order valence-electron chi connectivity index (χ4n) is 2.94. The first-order chi connectivity index (χ1) is 10.6. The van der Waals surface area contributed by atoms with Crippen LogP contribution >= 0.6 is 0 Å². The van der Waals surface area contributed by atoms with Gasteiger partial charge in [0.15, 0.2) is 11.5 Å². The van der Waals surface area contributed by atoms with Crippen molar-refractivity contribution in [2.24, 2.45) is 5.73 Å². The number of nitrogen functional groups attached to an aromatic ring is 1. The Morgan fingerprint density at radius 3 is 3.00 bits per heavy atom. The van der Waals surface area contributed by atoms with Crippen LogP contribution in [0, 0.1) is 0 Å². The van der Waals surface area contributed by atoms with Crippen LogP contribution in [0.25, 0.3) is 11.2 Å². The molecule has 1 saturated carbocycles. The predicted octanol–water partition coefficient (Wildman–Crippen LogP) is -1.06. The molecule has 9 heteroatoms. The summed E-state index contributed by atoms with van der Waals surface area (Å²) in [6, 6.07) is -0.497. The van der Waals surface area contributed by atoms with Gasteiger partial charge < -0.3 is 26.5 Å². The summed E-state index contributed by atoms with van der Waals surface area (Å²) in [5.74, 6) is 0.165. The molecule has 3 atom stereocenters. The van der Waals surface area contributed by atoms with Gasteiger partial charge in [-0.3, -0.25) is 4.79 Å². The average Bonchev–Trinajstić information content (AvgIpc) is 3.05. The Morgan fingerprint density at radius 1 is 1.41 bits per heavy atom. The van der Waals surface area contributed by atoms with Gasteiger partial charge in [-0.05, 0) is 12.8 Å². The van der Waals surface area contributed by atoms with Crippen LogP contribution in [0.4, 0.5) is 5.82 Å². The molecule has 2 aromatic rings. The Hall–Kier alpha value is -2.26. The van der Waals surface area contributed by atoms with Crippen LogP contribution in [-0.2, 0) is 4.79 Å². The minimum Gasteiger partial charge on any atom is -0.389 e. The number of nitrogens with two attached hydrogens (primary N) is 2. The zero-order chi connectivity index (χ0) is 15.7. The molecule has 0 aromatic carbocycles. The van der Waals surface area contributed by atoms with Gasteiger partial charge in [-0.15, -0.1) is 0 Å². The molecule has 0 saturated heterocycles. The maximum Gasteiger partial charge on any atom is 0.221 e. The molecule has 3 rings (SSSR count). The van der Waals surface area contributed by atoms with Crippen molar-refractivity contribution in [1.82, 2.24) is 24.8 Å². The molecule has 1 amide bonds. The number of fused-ring (bicyclic) bond motifs is 1. The van der Waals surface area contributed by atoms with Gasteiger partial charge in [-0.1, -0.05) is 0 Å². The Balaban J connectivity index is 1.81. The number of aromatic nitrogens is 4.